The number of carbonyl (C=O) groups is 1. The van der Waals surface area contributed by atoms with Crippen molar-refractivity contribution in [3.8, 4) is 28.5 Å². The molecular formula is C21H19N3O4S. The molecule has 0 fully saturated rings. The molecule has 2 N–H and O–H groups in total. The van der Waals surface area contributed by atoms with Gasteiger partial charge in [0, 0.05) is 40.2 Å². The Bertz CT molecular complexity index is 1180. The van der Waals surface area contributed by atoms with E-state index in [1.165, 1.54) is 32.7 Å². The SMILES string of the molecule is COc1cc(OC)c(C(=O)Nc2nc(-c3c[nH]c4ccccc34)cs2)cc1OC. The third kappa shape index (κ3) is 3.50. The van der Waals surface area contributed by atoms with Crippen LogP contribution in [0, 0.1) is 0 Å². The van der Waals surface area contributed by atoms with Crippen molar-refractivity contribution in [1.29, 1.82) is 0 Å². The topological polar surface area (TPSA) is 85.5 Å². The highest BCUT2D eigenvalue weighted by Gasteiger charge is 2.19. The lowest BCUT2D eigenvalue weighted by atomic mass is 10.1. The highest BCUT2D eigenvalue weighted by atomic mass is 32.1. The number of hydrogen-bond acceptors (Lipinski definition) is 6. The number of H-pyrrole nitrogens is 1. The number of para-hydroxylation sites is 1. The molecule has 0 aliphatic rings. The van der Waals surface area contributed by atoms with Gasteiger partial charge < -0.3 is 19.2 Å². The summed E-state index contributed by atoms with van der Waals surface area (Å²) in [5.41, 5.74) is 3.15. The Labute approximate surface area is 171 Å². The molecule has 2 aromatic heterocycles. The first kappa shape index (κ1) is 18.8. The molecule has 2 aromatic carbocycles. The van der Waals surface area contributed by atoms with Gasteiger partial charge in [-0.2, -0.15) is 0 Å². The summed E-state index contributed by atoms with van der Waals surface area (Å²) in [5.74, 6) is 0.963. The summed E-state index contributed by atoms with van der Waals surface area (Å²) in [4.78, 5) is 20.6. The molecule has 0 bridgehead atoms. The lowest BCUT2D eigenvalue weighted by Crippen LogP contribution is -2.13. The van der Waals surface area contributed by atoms with E-state index < -0.39 is 0 Å². The summed E-state index contributed by atoms with van der Waals surface area (Å²) >= 11 is 1.36. The molecule has 0 aliphatic heterocycles. The Kier molecular flexibility index (Phi) is 5.09. The van der Waals surface area contributed by atoms with Crippen LogP contribution in [0.25, 0.3) is 22.2 Å². The summed E-state index contributed by atoms with van der Waals surface area (Å²) in [6.07, 6.45) is 1.92. The van der Waals surface area contributed by atoms with E-state index in [1.54, 1.807) is 12.1 Å². The zero-order chi connectivity index (χ0) is 20.4. The fourth-order valence-electron chi connectivity index (χ4n) is 3.11. The van der Waals surface area contributed by atoms with Crippen LogP contribution >= 0.6 is 11.3 Å². The predicted octanol–water partition coefficient (Wildman–Crippen LogP) is 4.57. The normalized spacial score (nSPS) is 10.7. The summed E-state index contributed by atoms with van der Waals surface area (Å²) < 4.78 is 15.9. The van der Waals surface area contributed by atoms with Gasteiger partial charge in [0.15, 0.2) is 16.6 Å². The van der Waals surface area contributed by atoms with Gasteiger partial charge in [-0.3, -0.25) is 10.1 Å². The summed E-state index contributed by atoms with van der Waals surface area (Å²) in [6.45, 7) is 0. The van der Waals surface area contributed by atoms with Gasteiger partial charge in [0.2, 0.25) is 0 Å². The van der Waals surface area contributed by atoms with Crippen LogP contribution in [0.5, 0.6) is 17.2 Å². The number of benzene rings is 2. The zero-order valence-electron chi connectivity index (χ0n) is 16.1. The standard InChI is InChI=1S/C21H19N3O4S/c1-26-17-9-19(28-3)18(27-2)8-13(17)20(25)24-21-23-16(11-29-21)14-10-22-15-7-5-4-6-12(14)15/h4-11,22H,1-3H3,(H,23,24,25). The molecule has 29 heavy (non-hydrogen) atoms. The Morgan fingerprint density at radius 3 is 2.52 bits per heavy atom. The van der Waals surface area contributed by atoms with Gasteiger partial charge in [-0.25, -0.2) is 4.98 Å². The molecule has 0 saturated carbocycles. The quantitative estimate of drug-likeness (QED) is 0.487. The number of thiazole rings is 1. The van der Waals surface area contributed by atoms with E-state index in [-0.39, 0.29) is 5.91 Å². The van der Waals surface area contributed by atoms with E-state index in [0.717, 1.165) is 22.2 Å². The Morgan fingerprint density at radius 2 is 1.76 bits per heavy atom. The molecule has 0 radical (unpaired) electrons. The van der Waals surface area contributed by atoms with E-state index in [4.69, 9.17) is 14.2 Å². The van der Waals surface area contributed by atoms with Crippen molar-refractivity contribution in [2.45, 2.75) is 0 Å². The van der Waals surface area contributed by atoms with E-state index in [1.807, 2.05) is 35.8 Å². The second-order valence-electron chi connectivity index (χ2n) is 6.15. The van der Waals surface area contributed by atoms with E-state index in [9.17, 15) is 4.79 Å². The monoisotopic (exact) mass is 409 g/mol. The van der Waals surface area contributed by atoms with Crippen LogP contribution < -0.4 is 19.5 Å². The maximum Gasteiger partial charge on any atom is 0.261 e. The second kappa shape index (κ2) is 7.84. The molecule has 8 heteroatoms. The van der Waals surface area contributed by atoms with Gasteiger partial charge in [-0.1, -0.05) is 18.2 Å². The minimum atomic E-state index is -0.345. The van der Waals surface area contributed by atoms with Crippen LogP contribution in [-0.2, 0) is 0 Å². The third-order valence-electron chi connectivity index (χ3n) is 4.54. The number of nitrogens with zero attached hydrogens (tertiary/aromatic N) is 1. The Balaban J connectivity index is 1.62. The Hall–Kier alpha value is -3.52. The van der Waals surface area contributed by atoms with Crippen LogP contribution in [0.3, 0.4) is 0 Å². The molecule has 2 heterocycles. The number of anilines is 1. The fourth-order valence-corrected chi connectivity index (χ4v) is 3.82. The number of amides is 1. The molecular weight excluding hydrogens is 390 g/mol. The van der Waals surface area contributed by atoms with E-state index >= 15 is 0 Å². The van der Waals surface area contributed by atoms with Crippen molar-refractivity contribution in [3.05, 3.63) is 53.5 Å². The molecule has 0 spiro atoms. The lowest BCUT2D eigenvalue weighted by molar-refractivity contribution is 0.102. The molecule has 0 unspecified atom stereocenters. The van der Waals surface area contributed by atoms with Crippen LogP contribution in [0.4, 0.5) is 5.13 Å². The number of hydrogen-bond donors (Lipinski definition) is 2. The number of aromatic amines is 1. The lowest BCUT2D eigenvalue weighted by Gasteiger charge is -2.13. The maximum absolute atomic E-state index is 12.8. The first-order chi connectivity index (χ1) is 14.1. The number of nitrogens with one attached hydrogen (secondary N) is 2. The molecule has 0 atom stereocenters. The van der Waals surface area contributed by atoms with Gasteiger partial charge in [0.25, 0.3) is 5.91 Å². The highest BCUT2D eigenvalue weighted by Crippen LogP contribution is 2.36. The first-order valence-corrected chi connectivity index (χ1v) is 9.66. The molecule has 1 amide bonds. The van der Waals surface area contributed by atoms with Gasteiger partial charge in [-0.05, 0) is 6.07 Å². The van der Waals surface area contributed by atoms with E-state index in [0.29, 0.717) is 27.9 Å². The van der Waals surface area contributed by atoms with Gasteiger partial charge in [0.1, 0.15) is 5.75 Å². The smallest absolute Gasteiger partial charge is 0.261 e. The number of ether oxygens (including phenoxy) is 3. The van der Waals surface area contributed by atoms with Crippen LogP contribution in [0.1, 0.15) is 10.4 Å². The molecule has 4 aromatic rings. The van der Waals surface area contributed by atoms with Gasteiger partial charge in [0.05, 0.1) is 32.6 Å². The van der Waals surface area contributed by atoms with Crippen molar-refractivity contribution in [1.82, 2.24) is 9.97 Å². The van der Waals surface area contributed by atoms with Crippen molar-refractivity contribution in [2.75, 3.05) is 26.6 Å². The van der Waals surface area contributed by atoms with Crippen LogP contribution in [0.2, 0.25) is 0 Å². The summed E-state index contributed by atoms with van der Waals surface area (Å²) in [5, 5.41) is 6.32. The van der Waals surface area contributed by atoms with Crippen molar-refractivity contribution >= 4 is 33.3 Å². The average Bonchev–Trinajstić information content (AvgIpc) is 3.39. The minimum absolute atomic E-state index is 0.328. The number of fused-ring (bicyclic) bond motifs is 1. The van der Waals surface area contributed by atoms with Gasteiger partial charge in [-0.15, -0.1) is 11.3 Å². The molecule has 148 valence electrons. The highest BCUT2D eigenvalue weighted by molar-refractivity contribution is 7.14. The molecule has 0 aliphatic carbocycles. The predicted molar refractivity (Wildman–Crippen MR) is 113 cm³/mol. The minimum Gasteiger partial charge on any atom is -0.496 e. The van der Waals surface area contributed by atoms with Crippen molar-refractivity contribution in [3.63, 3.8) is 0 Å². The number of carbonyl (C=O) groups excluding carboxylic acids is 1. The molecule has 4 rings (SSSR count). The zero-order valence-corrected chi connectivity index (χ0v) is 16.9. The molecule has 0 saturated heterocycles. The number of methoxy groups -OCH3 is 3. The largest absolute Gasteiger partial charge is 0.496 e. The molecule has 7 nitrogen and oxygen atoms in total. The van der Waals surface area contributed by atoms with Crippen molar-refractivity contribution in [2.24, 2.45) is 0 Å². The third-order valence-corrected chi connectivity index (χ3v) is 5.30. The first-order valence-electron chi connectivity index (χ1n) is 8.78. The average molecular weight is 409 g/mol. The summed E-state index contributed by atoms with van der Waals surface area (Å²) in [7, 11) is 4.54. The number of rotatable bonds is 6. The fraction of sp³-hybridized carbons (Fsp3) is 0.143. The van der Waals surface area contributed by atoms with Gasteiger partial charge >= 0.3 is 0 Å². The van der Waals surface area contributed by atoms with E-state index in [2.05, 4.69) is 15.3 Å². The van der Waals surface area contributed by atoms with Crippen LogP contribution in [0.15, 0.2) is 48.0 Å². The Morgan fingerprint density at radius 1 is 1.03 bits per heavy atom. The number of aromatic nitrogens is 2. The maximum atomic E-state index is 12.8. The summed E-state index contributed by atoms with van der Waals surface area (Å²) in [6, 6.07) is 11.2. The second-order valence-corrected chi connectivity index (χ2v) is 7.01. The van der Waals surface area contributed by atoms with Crippen LogP contribution in [-0.4, -0.2) is 37.2 Å². The van der Waals surface area contributed by atoms with Crippen molar-refractivity contribution < 1.29 is 19.0 Å².